The van der Waals surface area contributed by atoms with Gasteiger partial charge in [0.15, 0.2) is 5.78 Å². The van der Waals surface area contributed by atoms with Gasteiger partial charge in [0.2, 0.25) is 0 Å². The van der Waals surface area contributed by atoms with Crippen molar-refractivity contribution in [2.45, 2.75) is 52.0 Å². The van der Waals surface area contributed by atoms with Crippen LogP contribution in [0.4, 0.5) is 4.39 Å². The quantitative estimate of drug-likeness (QED) is 0.440. The number of fused-ring (bicyclic) bond motifs is 1. The minimum atomic E-state index is -0.373. The van der Waals surface area contributed by atoms with Crippen LogP contribution in [0.15, 0.2) is 65.8 Å². The Morgan fingerprint density at radius 3 is 2.83 bits per heavy atom. The smallest absolute Gasteiger partial charge is 0.163 e. The summed E-state index contributed by atoms with van der Waals surface area (Å²) < 4.78 is 14.3. The summed E-state index contributed by atoms with van der Waals surface area (Å²) in [4.78, 5) is 22.4. The summed E-state index contributed by atoms with van der Waals surface area (Å²) >= 11 is 0. The van der Waals surface area contributed by atoms with Crippen LogP contribution < -0.4 is 0 Å². The van der Waals surface area contributed by atoms with Crippen molar-refractivity contribution in [2.24, 2.45) is 16.3 Å². The summed E-state index contributed by atoms with van der Waals surface area (Å²) in [6, 6.07) is 16.7. The molecular weight excluding hydrogens is 439 g/mol. The third kappa shape index (κ3) is 4.96. The fourth-order valence-electron chi connectivity index (χ4n) is 5.84. The molecular formula is C30H31FN2O2. The molecule has 3 aromatic rings. The molecule has 1 aliphatic heterocycles. The highest BCUT2D eigenvalue weighted by atomic mass is 19.1. The second-order valence-electron chi connectivity index (χ2n) is 10.2. The first kappa shape index (κ1) is 23.6. The molecule has 2 aromatic carbocycles. The minimum absolute atomic E-state index is 0.00996. The lowest BCUT2D eigenvalue weighted by atomic mass is 9.66. The highest BCUT2D eigenvalue weighted by Gasteiger charge is 2.37. The maximum Gasteiger partial charge on any atom is 0.163 e. The molecule has 2 atom stereocenters. The first-order valence-electron chi connectivity index (χ1n) is 12.4. The zero-order valence-electron chi connectivity index (χ0n) is 20.1. The van der Waals surface area contributed by atoms with E-state index in [1.807, 2.05) is 43.3 Å². The Hall–Kier alpha value is -3.18. The average Bonchev–Trinajstić information content (AvgIpc) is 3.29. The maximum atomic E-state index is 14.3. The Balaban J connectivity index is 1.31. The second-order valence-corrected chi connectivity index (χ2v) is 10.2. The van der Waals surface area contributed by atoms with Gasteiger partial charge in [-0.3, -0.25) is 14.8 Å². The molecule has 35 heavy (non-hydrogen) atoms. The molecule has 1 fully saturated rings. The van der Waals surface area contributed by atoms with Crippen molar-refractivity contribution in [3.8, 4) is 0 Å². The van der Waals surface area contributed by atoms with Gasteiger partial charge >= 0.3 is 0 Å². The molecule has 2 aliphatic rings. The molecule has 1 N–H and O–H groups in total. The van der Waals surface area contributed by atoms with Gasteiger partial charge in [-0.15, -0.1) is 0 Å². The number of Topliss-reactive ketones (excluding diaryl/α,β-unsaturated/α-hetero) is 1. The van der Waals surface area contributed by atoms with Crippen LogP contribution in [0.3, 0.4) is 0 Å². The van der Waals surface area contributed by atoms with E-state index in [0.717, 1.165) is 53.8 Å². The maximum absolute atomic E-state index is 14.3. The summed E-state index contributed by atoms with van der Waals surface area (Å²) in [6.07, 6.45) is 6.22. The summed E-state index contributed by atoms with van der Waals surface area (Å²) in [5.74, 6) is 0.0764. The van der Waals surface area contributed by atoms with Crippen LogP contribution in [-0.2, 0) is 13.0 Å². The summed E-state index contributed by atoms with van der Waals surface area (Å²) in [5, 5.41) is 10.3. The predicted octanol–water partition coefficient (Wildman–Crippen LogP) is 5.86. The number of carbonyl (C=O) groups excluding carboxylic acids is 1. The molecule has 2 unspecified atom stereocenters. The monoisotopic (exact) mass is 470 g/mol. The van der Waals surface area contributed by atoms with Crippen molar-refractivity contribution >= 4 is 11.5 Å². The van der Waals surface area contributed by atoms with Gasteiger partial charge in [0.1, 0.15) is 5.82 Å². The molecule has 5 rings (SSSR count). The molecule has 1 aliphatic carbocycles. The van der Waals surface area contributed by atoms with Crippen LogP contribution in [-0.4, -0.2) is 28.2 Å². The van der Waals surface area contributed by atoms with Gasteiger partial charge in [-0.1, -0.05) is 36.8 Å². The van der Waals surface area contributed by atoms with E-state index >= 15 is 0 Å². The summed E-state index contributed by atoms with van der Waals surface area (Å²) in [5.41, 5.74) is 6.01. The standard InChI is InChI=1S/C30H31FN2O2/c1-20-13-23(10-12-32-20)29-26-15-22(8-9-25(26)18-33-29)28(35)14-21-5-4-11-30(16-21,19-34)17-24-6-2-3-7-27(24)31/h2-3,6-10,12-13,15,21,34H,4-5,11,14,16-19H2,1H3. The van der Waals surface area contributed by atoms with E-state index in [-0.39, 0.29) is 29.5 Å². The molecule has 0 saturated heterocycles. The number of hydrogen-bond donors (Lipinski definition) is 1. The predicted molar refractivity (Wildman–Crippen MR) is 135 cm³/mol. The Morgan fingerprint density at radius 2 is 2.03 bits per heavy atom. The van der Waals surface area contributed by atoms with Crippen molar-refractivity contribution < 1.29 is 14.3 Å². The molecule has 0 radical (unpaired) electrons. The van der Waals surface area contributed by atoms with Crippen molar-refractivity contribution in [2.75, 3.05) is 6.61 Å². The van der Waals surface area contributed by atoms with Crippen molar-refractivity contribution in [1.82, 2.24) is 4.98 Å². The van der Waals surface area contributed by atoms with E-state index in [2.05, 4.69) is 4.98 Å². The molecule has 1 saturated carbocycles. The van der Waals surface area contributed by atoms with Crippen LogP contribution in [0, 0.1) is 24.1 Å². The van der Waals surface area contributed by atoms with E-state index in [9.17, 15) is 14.3 Å². The number of aliphatic hydroxyl groups excluding tert-OH is 1. The van der Waals surface area contributed by atoms with E-state index in [1.54, 1.807) is 18.3 Å². The van der Waals surface area contributed by atoms with Gasteiger partial charge in [0.05, 0.1) is 12.3 Å². The molecule has 2 heterocycles. The van der Waals surface area contributed by atoms with Crippen LogP contribution in [0.5, 0.6) is 0 Å². The number of nitrogens with zero attached hydrogens (tertiary/aromatic N) is 2. The number of hydrogen-bond acceptors (Lipinski definition) is 4. The number of aromatic nitrogens is 1. The molecule has 0 bridgehead atoms. The highest BCUT2D eigenvalue weighted by molar-refractivity contribution is 6.16. The number of carbonyl (C=O) groups is 1. The fraction of sp³-hybridized carbons (Fsp3) is 0.367. The molecule has 5 heteroatoms. The van der Waals surface area contributed by atoms with E-state index < -0.39 is 0 Å². The largest absolute Gasteiger partial charge is 0.396 e. The Kier molecular flexibility index (Phi) is 6.61. The van der Waals surface area contributed by atoms with Gasteiger partial charge in [0, 0.05) is 41.6 Å². The van der Waals surface area contributed by atoms with Crippen molar-refractivity contribution in [3.63, 3.8) is 0 Å². The van der Waals surface area contributed by atoms with E-state index in [4.69, 9.17) is 4.99 Å². The van der Waals surface area contributed by atoms with Crippen molar-refractivity contribution in [3.05, 3.63) is 100 Å². The second kappa shape index (κ2) is 9.82. The van der Waals surface area contributed by atoms with Gasteiger partial charge in [-0.05, 0) is 79.3 Å². The van der Waals surface area contributed by atoms with Crippen molar-refractivity contribution in [1.29, 1.82) is 0 Å². The number of pyridine rings is 1. The lowest BCUT2D eigenvalue weighted by Gasteiger charge is -2.40. The lowest BCUT2D eigenvalue weighted by molar-refractivity contribution is 0.0514. The Morgan fingerprint density at radius 1 is 1.17 bits per heavy atom. The SMILES string of the molecule is Cc1cc(C2=NCc3ccc(C(=O)CC4CCCC(CO)(Cc5ccccc5F)C4)cc32)ccn1. The molecule has 0 amide bonds. The van der Waals surface area contributed by atoms with Gasteiger partial charge in [-0.2, -0.15) is 0 Å². The van der Waals surface area contributed by atoms with Gasteiger partial charge in [-0.25, -0.2) is 4.39 Å². The normalized spacial score (nSPS) is 21.5. The summed E-state index contributed by atoms with van der Waals surface area (Å²) in [7, 11) is 0. The zero-order chi connectivity index (χ0) is 24.4. The molecule has 1 aromatic heterocycles. The first-order valence-corrected chi connectivity index (χ1v) is 12.4. The number of halogens is 1. The topological polar surface area (TPSA) is 62.5 Å². The zero-order valence-corrected chi connectivity index (χ0v) is 20.1. The third-order valence-corrected chi connectivity index (χ3v) is 7.64. The van der Waals surface area contributed by atoms with E-state index in [0.29, 0.717) is 30.5 Å². The van der Waals surface area contributed by atoms with Gasteiger partial charge < -0.3 is 5.11 Å². The van der Waals surface area contributed by atoms with Gasteiger partial charge in [0.25, 0.3) is 0 Å². The molecule has 0 spiro atoms. The number of aliphatic hydroxyl groups is 1. The lowest BCUT2D eigenvalue weighted by Crippen LogP contribution is -2.35. The molecule has 180 valence electrons. The van der Waals surface area contributed by atoms with E-state index in [1.165, 1.54) is 6.07 Å². The van der Waals surface area contributed by atoms with Crippen LogP contribution in [0.25, 0.3) is 0 Å². The number of ketones is 1. The fourth-order valence-corrected chi connectivity index (χ4v) is 5.84. The minimum Gasteiger partial charge on any atom is -0.396 e. The average molecular weight is 471 g/mol. The number of aliphatic imine (C=N–C) groups is 1. The Bertz CT molecular complexity index is 1280. The third-order valence-electron chi connectivity index (χ3n) is 7.64. The summed E-state index contributed by atoms with van der Waals surface area (Å²) in [6.45, 7) is 2.59. The molecule has 4 nitrogen and oxygen atoms in total. The number of aryl methyl sites for hydroxylation is 1. The number of benzene rings is 2. The van der Waals surface area contributed by atoms with Crippen LogP contribution >= 0.6 is 0 Å². The van der Waals surface area contributed by atoms with Crippen LogP contribution in [0.1, 0.15) is 70.4 Å². The first-order chi connectivity index (χ1) is 17.0. The number of rotatable bonds is 7. The highest BCUT2D eigenvalue weighted by Crippen LogP contribution is 2.43. The Labute approximate surface area is 206 Å². The van der Waals surface area contributed by atoms with Crippen LogP contribution in [0.2, 0.25) is 0 Å².